The molecule has 2 heterocycles. The smallest absolute Gasteiger partial charge is 0.339 e. The molecule has 0 aliphatic rings. The van der Waals surface area contributed by atoms with Gasteiger partial charge in [-0.25, -0.2) is 13.1 Å². The molecule has 0 saturated heterocycles. The van der Waals surface area contributed by atoms with E-state index in [1.807, 2.05) is 19.9 Å². The van der Waals surface area contributed by atoms with E-state index in [0.717, 1.165) is 17.5 Å². The Morgan fingerprint density at radius 1 is 0.943 bits per heavy atom. The lowest BCUT2D eigenvalue weighted by molar-refractivity contribution is 0.102. The molecule has 2 N–H and O–H groups in total. The molecule has 1 amide bonds. The first kappa shape index (κ1) is 24.0. The molecular weight excluding hydrogens is 478 g/mol. The molecule has 0 atom stereocenters. The van der Waals surface area contributed by atoms with Crippen LogP contribution in [0.25, 0.3) is 5.82 Å². The summed E-state index contributed by atoms with van der Waals surface area (Å²) in [6.45, 7) is 3.81. The third-order valence-electron chi connectivity index (χ3n) is 4.97. The first-order valence-electron chi connectivity index (χ1n) is 10.3. The van der Waals surface area contributed by atoms with Crippen molar-refractivity contribution in [2.75, 3.05) is 10.6 Å². The number of aromatic nitrogens is 4. The third-order valence-corrected chi connectivity index (χ3v) is 6.40. The first-order chi connectivity index (χ1) is 16.6. The average molecular weight is 499 g/mol. The highest BCUT2D eigenvalue weighted by atomic mass is 32.2. The number of sulfone groups is 1. The molecule has 2 aromatic carbocycles. The third kappa shape index (κ3) is 5.17. The summed E-state index contributed by atoms with van der Waals surface area (Å²) in [5.41, 5.74) is 2.43. The fourth-order valence-electron chi connectivity index (χ4n) is 3.35. The van der Waals surface area contributed by atoms with Gasteiger partial charge in [0, 0.05) is 17.1 Å². The molecule has 4 rings (SSSR count). The lowest BCUT2D eigenvalue weighted by atomic mass is 10.2. The van der Waals surface area contributed by atoms with Crippen LogP contribution in [0.4, 0.5) is 26.0 Å². The second-order valence-corrected chi connectivity index (χ2v) is 9.46. The molecule has 0 fully saturated rings. The minimum atomic E-state index is -4.93. The van der Waals surface area contributed by atoms with Crippen LogP contribution in [-0.2, 0) is 9.84 Å². The Morgan fingerprint density at radius 2 is 1.63 bits per heavy atom. The van der Waals surface area contributed by atoms with E-state index in [1.165, 1.54) is 18.2 Å². The highest BCUT2D eigenvalue weighted by Gasteiger charge is 2.30. The number of nitrogens with zero attached hydrogens (tertiary/aromatic N) is 4. The Morgan fingerprint density at radius 3 is 2.23 bits per heavy atom. The lowest BCUT2D eigenvalue weighted by Crippen LogP contribution is -2.19. The number of benzene rings is 2. The summed E-state index contributed by atoms with van der Waals surface area (Å²) in [5.74, 6) is -3.39. The van der Waals surface area contributed by atoms with Gasteiger partial charge in [0.25, 0.3) is 5.91 Å². The van der Waals surface area contributed by atoms with Gasteiger partial charge in [0.15, 0.2) is 11.6 Å². The van der Waals surface area contributed by atoms with Crippen LogP contribution in [0, 0.1) is 13.8 Å². The maximum Gasteiger partial charge on any atom is 0.341 e. The Bertz CT molecular complexity index is 1470. The van der Waals surface area contributed by atoms with Gasteiger partial charge in [-0.2, -0.15) is 13.9 Å². The Labute approximate surface area is 199 Å². The van der Waals surface area contributed by atoms with Gasteiger partial charge in [0.05, 0.1) is 16.2 Å². The van der Waals surface area contributed by atoms with Gasteiger partial charge in [-0.15, -0.1) is 10.2 Å². The van der Waals surface area contributed by atoms with Crippen LogP contribution in [0.1, 0.15) is 21.7 Å². The zero-order valence-corrected chi connectivity index (χ0v) is 19.4. The molecule has 0 spiro atoms. The van der Waals surface area contributed by atoms with Gasteiger partial charge in [-0.3, -0.25) is 4.79 Å². The van der Waals surface area contributed by atoms with Crippen molar-refractivity contribution in [3.8, 4) is 5.82 Å². The summed E-state index contributed by atoms with van der Waals surface area (Å²) in [6.07, 6.45) is 0. The van der Waals surface area contributed by atoms with E-state index in [4.69, 9.17) is 0 Å². The number of anilines is 3. The normalized spacial score (nSPS) is 11.5. The highest BCUT2D eigenvalue weighted by molar-refractivity contribution is 7.91. The number of halogens is 2. The monoisotopic (exact) mass is 498 g/mol. The van der Waals surface area contributed by atoms with Crippen molar-refractivity contribution in [3.05, 3.63) is 83.7 Å². The lowest BCUT2D eigenvalue weighted by Gasteiger charge is -2.11. The van der Waals surface area contributed by atoms with Crippen molar-refractivity contribution in [1.82, 2.24) is 20.0 Å². The van der Waals surface area contributed by atoms with E-state index in [1.54, 1.807) is 41.1 Å². The maximum atomic E-state index is 13.0. The molecule has 35 heavy (non-hydrogen) atoms. The standard InChI is InChI=1S/C23H20F2N6O3S/c1-14-13-15(2)31(30-14)21-12-11-20(28-29-21)26-16-7-9-17(10-8-16)27-22(32)18-5-3-4-6-19(18)35(33,34)23(24)25/h3-13,23H,1-2H3,(H,26,28)(H,27,32). The van der Waals surface area contributed by atoms with E-state index in [2.05, 4.69) is 25.9 Å². The predicted molar refractivity (Wildman–Crippen MR) is 126 cm³/mol. The second-order valence-electron chi connectivity index (χ2n) is 7.57. The van der Waals surface area contributed by atoms with Crippen molar-refractivity contribution in [2.45, 2.75) is 24.5 Å². The van der Waals surface area contributed by atoms with Gasteiger partial charge >= 0.3 is 5.76 Å². The van der Waals surface area contributed by atoms with E-state index < -0.39 is 26.4 Å². The van der Waals surface area contributed by atoms with Gasteiger partial charge in [0.2, 0.25) is 9.84 Å². The van der Waals surface area contributed by atoms with Gasteiger partial charge in [-0.05, 0) is 68.4 Å². The van der Waals surface area contributed by atoms with Crippen molar-refractivity contribution >= 4 is 32.9 Å². The molecular formula is C23H20F2N6O3S. The molecule has 0 bridgehead atoms. The molecule has 12 heteroatoms. The first-order valence-corrected chi connectivity index (χ1v) is 11.9. The number of rotatable bonds is 7. The van der Waals surface area contributed by atoms with Crippen LogP contribution in [0.3, 0.4) is 0 Å². The quantitative estimate of drug-likeness (QED) is 0.391. The molecule has 2 aromatic heterocycles. The highest BCUT2D eigenvalue weighted by Crippen LogP contribution is 2.24. The number of hydrogen-bond acceptors (Lipinski definition) is 7. The average Bonchev–Trinajstić information content (AvgIpc) is 3.18. The zero-order chi connectivity index (χ0) is 25.2. The molecule has 0 unspecified atom stereocenters. The van der Waals surface area contributed by atoms with Crippen LogP contribution < -0.4 is 10.6 Å². The SMILES string of the molecule is Cc1cc(C)n(-c2ccc(Nc3ccc(NC(=O)c4ccccc4S(=O)(=O)C(F)F)cc3)nn2)n1. The van der Waals surface area contributed by atoms with E-state index in [9.17, 15) is 22.0 Å². The van der Waals surface area contributed by atoms with Crippen molar-refractivity contribution in [2.24, 2.45) is 0 Å². The maximum absolute atomic E-state index is 13.0. The van der Waals surface area contributed by atoms with Gasteiger partial charge in [0.1, 0.15) is 0 Å². The number of nitrogens with one attached hydrogen (secondary N) is 2. The Kier molecular flexibility index (Phi) is 6.56. The second kappa shape index (κ2) is 9.58. The summed E-state index contributed by atoms with van der Waals surface area (Å²) in [7, 11) is -4.93. The summed E-state index contributed by atoms with van der Waals surface area (Å²) in [6, 6.07) is 16.7. The molecule has 4 aromatic rings. The van der Waals surface area contributed by atoms with Crippen molar-refractivity contribution in [3.63, 3.8) is 0 Å². The van der Waals surface area contributed by atoms with Crippen LogP contribution in [0.15, 0.2) is 71.6 Å². The number of aryl methyl sites for hydroxylation is 2. The van der Waals surface area contributed by atoms with Crippen molar-refractivity contribution < 1.29 is 22.0 Å². The summed E-state index contributed by atoms with van der Waals surface area (Å²) in [5, 5.41) is 18.3. The molecule has 0 aliphatic carbocycles. The minimum Gasteiger partial charge on any atom is -0.339 e. The number of carbonyl (C=O) groups is 1. The number of hydrogen-bond donors (Lipinski definition) is 2. The Hall–Kier alpha value is -4.19. The fraction of sp³-hybridized carbons (Fsp3) is 0.130. The van der Waals surface area contributed by atoms with Crippen LogP contribution in [0.2, 0.25) is 0 Å². The number of alkyl halides is 2. The zero-order valence-electron chi connectivity index (χ0n) is 18.6. The topological polar surface area (TPSA) is 119 Å². The van der Waals surface area contributed by atoms with Gasteiger partial charge in [-0.1, -0.05) is 12.1 Å². The van der Waals surface area contributed by atoms with Crippen molar-refractivity contribution in [1.29, 1.82) is 0 Å². The van der Waals surface area contributed by atoms with E-state index >= 15 is 0 Å². The summed E-state index contributed by atoms with van der Waals surface area (Å²) < 4.78 is 51.4. The molecule has 0 saturated carbocycles. The minimum absolute atomic E-state index is 0.343. The summed E-state index contributed by atoms with van der Waals surface area (Å²) in [4.78, 5) is 11.9. The number of carbonyl (C=O) groups excluding carboxylic acids is 1. The largest absolute Gasteiger partial charge is 0.341 e. The number of amides is 1. The molecule has 9 nitrogen and oxygen atoms in total. The van der Waals surface area contributed by atoms with E-state index in [0.29, 0.717) is 23.0 Å². The summed E-state index contributed by atoms with van der Waals surface area (Å²) >= 11 is 0. The van der Waals surface area contributed by atoms with Crippen LogP contribution in [-0.4, -0.2) is 40.1 Å². The predicted octanol–water partition coefficient (Wildman–Crippen LogP) is 4.27. The molecule has 0 radical (unpaired) electrons. The van der Waals surface area contributed by atoms with Crippen LogP contribution in [0.5, 0.6) is 0 Å². The molecule has 0 aliphatic heterocycles. The fourth-order valence-corrected chi connectivity index (χ4v) is 4.27. The van der Waals surface area contributed by atoms with Crippen LogP contribution >= 0.6 is 0 Å². The van der Waals surface area contributed by atoms with Gasteiger partial charge < -0.3 is 10.6 Å². The Balaban J connectivity index is 1.45. The van der Waals surface area contributed by atoms with E-state index in [-0.39, 0.29) is 5.56 Å². The molecule has 180 valence electrons.